The summed E-state index contributed by atoms with van der Waals surface area (Å²) in [5, 5.41) is 9.39. The summed E-state index contributed by atoms with van der Waals surface area (Å²) in [6.45, 7) is 0. The molecule has 0 aromatic rings. The summed E-state index contributed by atoms with van der Waals surface area (Å²) in [6, 6.07) is 0. The Kier molecular flexibility index (Phi) is 1.11. The number of amides is 2. The van der Waals surface area contributed by atoms with Crippen molar-refractivity contribution in [3.05, 3.63) is 5.21 Å². The van der Waals surface area contributed by atoms with Gasteiger partial charge >= 0.3 is 11.8 Å². The van der Waals surface area contributed by atoms with Gasteiger partial charge < -0.3 is 5.21 Å². The van der Waals surface area contributed by atoms with E-state index in [-0.39, 0.29) is 12.8 Å². The van der Waals surface area contributed by atoms with Crippen molar-refractivity contribution in [2.45, 2.75) is 12.8 Å². The average Bonchev–Trinajstić information content (AvgIpc) is 1.98. The van der Waals surface area contributed by atoms with Gasteiger partial charge in [-0.15, -0.1) is 0 Å². The van der Waals surface area contributed by atoms with Crippen LogP contribution in [0.2, 0.25) is 0 Å². The van der Waals surface area contributed by atoms with Crippen LogP contribution >= 0.6 is 0 Å². The van der Waals surface area contributed by atoms with Gasteiger partial charge in [-0.05, 0) is 0 Å². The molecule has 2 amide bonds. The lowest BCUT2D eigenvalue weighted by atomic mass is 10.4. The maximum Gasteiger partial charge on any atom is 0.320 e. The minimum absolute atomic E-state index is 0.123. The van der Waals surface area contributed by atoms with Gasteiger partial charge in [0.2, 0.25) is 0 Å². The Hall–Kier alpha value is -0.740. The predicted octanol–water partition coefficient (Wildman–Crippen LogP) is -1.78. The van der Waals surface area contributed by atoms with Gasteiger partial charge in [0.25, 0.3) is 0 Å². The molecule has 1 fully saturated rings. The summed E-state index contributed by atoms with van der Waals surface area (Å²) in [6.07, 6.45) is 0.245. The van der Waals surface area contributed by atoms with Crippen LogP contribution in [0.5, 0.6) is 0 Å². The Balaban J connectivity index is 2.70. The molecule has 0 aromatic heterocycles. The molecule has 4 heteroatoms. The molecule has 0 radical (unpaired) electrons. The SMILES string of the molecule is O=C1CCC(=O)[NH+]1[O-]. The lowest BCUT2D eigenvalue weighted by Crippen LogP contribution is -3.10. The highest BCUT2D eigenvalue weighted by Gasteiger charge is 2.28. The van der Waals surface area contributed by atoms with E-state index in [9.17, 15) is 14.8 Å². The van der Waals surface area contributed by atoms with E-state index in [0.29, 0.717) is 0 Å². The second kappa shape index (κ2) is 1.65. The van der Waals surface area contributed by atoms with Crippen molar-refractivity contribution in [3.63, 3.8) is 0 Å². The molecule has 0 unspecified atom stereocenters. The summed E-state index contributed by atoms with van der Waals surface area (Å²) in [5.41, 5.74) is 0. The second-order valence-electron chi connectivity index (χ2n) is 1.68. The van der Waals surface area contributed by atoms with Crippen molar-refractivity contribution in [1.82, 2.24) is 0 Å². The molecule has 0 saturated carbocycles. The second-order valence-corrected chi connectivity index (χ2v) is 1.68. The third kappa shape index (κ3) is 0.635. The number of rotatable bonds is 0. The molecule has 0 spiro atoms. The van der Waals surface area contributed by atoms with Crippen molar-refractivity contribution in [2.75, 3.05) is 0 Å². The number of quaternary nitrogens is 1. The molecular formula is C4H5NO3. The summed E-state index contributed by atoms with van der Waals surface area (Å²) in [4.78, 5) is 20.4. The number of carbonyl (C=O) groups excluding carboxylic acids is 2. The molecule has 0 atom stereocenters. The first kappa shape index (κ1) is 5.40. The topological polar surface area (TPSA) is 61.6 Å². The number of hydrogen-bond acceptors (Lipinski definition) is 3. The van der Waals surface area contributed by atoms with Gasteiger partial charge in [0.1, 0.15) is 0 Å². The molecule has 1 rings (SSSR count). The monoisotopic (exact) mass is 115 g/mol. The predicted molar refractivity (Wildman–Crippen MR) is 23.6 cm³/mol. The molecule has 4 nitrogen and oxygen atoms in total. The highest BCUT2D eigenvalue weighted by molar-refractivity contribution is 5.88. The van der Waals surface area contributed by atoms with Gasteiger partial charge in [-0.2, -0.15) is 0 Å². The normalized spacial score (nSPS) is 22.6. The Morgan fingerprint density at radius 2 is 1.62 bits per heavy atom. The molecule has 1 heterocycles. The zero-order valence-electron chi connectivity index (χ0n) is 4.14. The van der Waals surface area contributed by atoms with Gasteiger partial charge in [-0.3, -0.25) is 0 Å². The van der Waals surface area contributed by atoms with E-state index >= 15 is 0 Å². The largest absolute Gasteiger partial charge is 0.619 e. The van der Waals surface area contributed by atoms with Crippen LogP contribution in [-0.2, 0) is 9.59 Å². The van der Waals surface area contributed by atoms with E-state index < -0.39 is 16.9 Å². The molecule has 44 valence electrons. The van der Waals surface area contributed by atoms with Crippen LogP contribution in [-0.4, -0.2) is 11.8 Å². The van der Waals surface area contributed by atoms with Gasteiger partial charge in [0.05, 0.1) is 12.8 Å². The van der Waals surface area contributed by atoms with E-state index in [2.05, 4.69) is 0 Å². The Morgan fingerprint density at radius 3 is 1.75 bits per heavy atom. The molecule has 1 saturated heterocycles. The molecule has 8 heavy (non-hydrogen) atoms. The first-order valence-corrected chi connectivity index (χ1v) is 2.32. The van der Waals surface area contributed by atoms with Crippen LogP contribution in [0.4, 0.5) is 0 Å². The van der Waals surface area contributed by atoms with Crippen molar-refractivity contribution < 1.29 is 14.7 Å². The van der Waals surface area contributed by atoms with Crippen LogP contribution in [0, 0.1) is 5.21 Å². The van der Waals surface area contributed by atoms with E-state index in [1.54, 1.807) is 0 Å². The number of carbonyl (C=O) groups is 2. The van der Waals surface area contributed by atoms with E-state index in [4.69, 9.17) is 0 Å². The number of hydrogen-bond donors (Lipinski definition) is 1. The van der Waals surface area contributed by atoms with Crippen LogP contribution < -0.4 is 5.06 Å². The molecule has 1 aliphatic heterocycles. The van der Waals surface area contributed by atoms with E-state index in [1.165, 1.54) is 0 Å². The molecular weight excluding hydrogens is 110 g/mol. The minimum Gasteiger partial charge on any atom is -0.619 e. The Labute approximate surface area is 45.7 Å². The maximum absolute atomic E-state index is 10.2. The molecule has 0 aromatic carbocycles. The summed E-state index contributed by atoms with van der Waals surface area (Å²) >= 11 is 0. The lowest BCUT2D eigenvalue weighted by Gasteiger charge is -2.06. The Morgan fingerprint density at radius 1 is 1.25 bits per heavy atom. The fraction of sp³-hybridized carbons (Fsp3) is 0.500. The van der Waals surface area contributed by atoms with Crippen molar-refractivity contribution in [2.24, 2.45) is 0 Å². The third-order valence-corrected chi connectivity index (χ3v) is 1.09. The zero-order chi connectivity index (χ0) is 6.15. The van der Waals surface area contributed by atoms with E-state index in [1.807, 2.05) is 0 Å². The fourth-order valence-electron chi connectivity index (χ4n) is 0.610. The average molecular weight is 115 g/mol. The van der Waals surface area contributed by atoms with Crippen molar-refractivity contribution >= 4 is 11.8 Å². The van der Waals surface area contributed by atoms with Gasteiger partial charge in [-0.25, -0.2) is 14.7 Å². The van der Waals surface area contributed by atoms with Gasteiger partial charge in [0, 0.05) is 0 Å². The molecule has 0 aliphatic carbocycles. The van der Waals surface area contributed by atoms with Crippen LogP contribution in [0.3, 0.4) is 0 Å². The number of imide groups is 1. The first-order valence-electron chi connectivity index (χ1n) is 2.32. The Bertz CT molecular complexity index is 126. The fourth-order valence-corrected chi connectivity index (χ4v) is 0.610. The highest BCUT2D eigenvalue weighted by atomic mass is 16.5. The summed E-state index contributed by atoms with van der Waals surface area (Å²) in [7, 11) is 0. The smallest absolute Gasteiger partial charge is 0.320 e. The van der Waals surface area contributed by atoms with Gasteiger partial charge in [0.15, 0.2) is 0 Å². The van der Waals surface area contributed by atoms with Crippen molar-refractivity contribution in [1.29, 1.82) is 0 Å². The summed E-state index contributed by atoms with van der Waals surface area (Å²) in [5.74, 6) is -1.06. The lowest BCUT2D eigenvalue weighted by molar-refractivity contribution is -0.672. The number of hydroxylamine groups is 2. The standard InChI is InChI=1S/C4H5NO3/c6-3-1-2-4(7)5(3)8/h5H,1-2H2. The minimum atomic E-state index is -0.815. The van der Waals surface area contributed by atoms with Crippen LogP contribution in [0.1, 0.15) is 12.8 Å². The third-order valence-electron chi connectivity index (χ3n) is 1.09. The van der Waals surface area contributed by atoms with Crippen LogP contribution in [0.15, 0.2) is 0 Å². The molecule has 1 aliphatic rings. The maximum atomic E-state index is 10.2. The molecule has 1 N–H and O–H groups in total. The first-order chi connectivity index (χ1) is 3.72. The zero-order valence-corrected chi connectivity index (χ0v) is 4.14. The highest BCUT2D eigenvalue weighted by Crippen LogP contribution is 1.90. The van der Waals surface area contributed by atoms with E-state index in [0.717, 1.165) is 0 Å². The van der Waals surface area contributed by atoms with Crippen molar-refractivity contribution in [3.8, 4) is 0 Å². The quantitative estimate of drug-likeness (QED) is 0.300. The molecule has 0 bridgehead atoms. The van der Waals surface area contributed by atoms with Crippen LogP contribution in [0.25, 0.3) is 0 Å². The van der Waals surface area contributed by atoms with Gasteiger partial charge in [-0.1, -0.05) is 0 Å². The summed E-state index contributed by atoms with van der Waals surface area (Å²) < 4.78 is 0. The number of nitrogens with one attached hydrogen (secondary N) is 1.